The first-order valence-corrected chi connectivity index (χ1v) is 7.44. The molecular weight excluding hydrogens is 353 g/mol. The molecule has 0 bridgehead atoms. The standard InChI is InChI=1S/C17H15F3N2O4/c1-25-15(23)12-5-7-13(8-6-12)26-11-10-22-9-3-2-4-14(22)21-16(24)17(18,19)20/h2-9H,10-11H2,1H3. The van der Waals surface area contributed by atoms with Crippen molar-refractivity contribution in [2.45, 2.75) is 12.7 Å². The van der Waals surface area contributed by atoms with E-state index in [4.69, 9.17) is 4.74 Å². The predicted molar refractivity (Wildman–Crippen MR) is 84.3 cm³/mol. The van der Waals surface area contributed by atoms with Crippen LogP contribution in [0.15, 0.2) is 53.7 Å². The monoisotopic (exact) mass is 368 g/mol. The van der Waals surface area contributed by atoms with Gasteiger partial charge in [-0.15, -0.1) is 0 Å². The largest absolute Gasteiger partial charge is 0.492 e. The van der Waals surface area contributed by atoms with E-state index < -0.39 is 18.1 Å². The van der Waals surface area contributed by atoms with Crippen molar-refractivity contribution in [2.24, 2.45) is 4.99 Å². The highest BCUT2D eigenvalue weighted by Gasteiger charge is 2.38. The molecule has 0 spiro atoms. The van der Waals surface area contributed by atoms with Gasteiger partial charge in [0.25, 0.3) is 0 Å². The summed E-state index contributed by atoms with van der Waals surface area (Å²) in [6, 6.07) is 10.6. The molecule has 0 aliphatic heterocycles. The Hall–Kier alpha value is -3.10. The molecule has 138 valence electrons. The van der Waals surface area contributed by atoms with E-state index in [9.17, 15) is 22.8 Å². The Morgan fingerprint density at radius 2 is 1.81 bits per heavy atom. The Labute approximate surface area is 146 Å². The van der Waals surface area contributed by atoms with Gasteiger partial charge in [0, 0.05) is 6.20 Å². The fourth-order valence-corrected chi connectivity index (χ4v) is 1.99. The maximum Gasteiger partial charge on any atom is 0.473 e. The molecule has 9 heteroatoms. The maximum atomic E-state index is 12.3. The van der Waals surface area contributed by atoms with Crippen molar-refractivity contribution in [2.75, 3.05) is 13.7 Å². The molecule has 0 aliphatic carbocycles. The van der Waals surface area contributed by atoms with Crippen molar-refractivity contribution in [3.63, 3.8) is 0 Å². The van der Waals surface area contributed by atoms with Gasteiger partial charge < -0.3 is 14.0 Å². The number of amides is 1. The number of halogens is 3. The lowest BCUT2D eigenvalue weighted by Gasteiger charge is -2.10. The number of hydrogen-bond donors (Lipinski definition) is 0. The number of benzene rings is 1. The third kappa shape index (κ3) is 5.20. The van der Waals surface area contributed by atoms with Crippen molar-refractivity contribution in [1.29, 1.82) is 0 Å². The molecule has 2 rings (SSSR count). The third-order valence-corrected chi connectivity index (χ3v) is 3.25. The summed E-state index contributed by atoms with van der Waals surface area (Å²) in [7, 11) is 1.27. The number of aromatic nitrogens is 1. The second-order valence-electron chi connectivity index (χ2n) is 5.03. The lowest BCUT2D eigenvalue weighted by Crippen LogP contribution is -2.28. The fraction of sp³-hybridized carbons (Fsp3) is 0.235. The molecule has 0 N–H and O–H groups in total. The molecule has 0 unspecified atom stereocenters. The number of ether oxygens (including phenoxy) is 2. The molecule has 0 atom stereocenters. The van der Waals surface area contributed by atoms with Crippen LogP contribution in [0.25, 0.3) is 0 Å². The lowest BCUT2D eigenvalue weighted by molar-refractivity contribution is -0.169. The SMILES string of the molecule is COC(=O)c1ccc(OCCn2ccccc2=NC(=O)C(F)(F)F)cc1. The van der Waals surface area contributed by atoms with Gasteiger partial charge in [-0.2, -0.15) is 18.2 Å². The third-order valence-electron chi connectivity index (χ3n) is 3.25. The van der Waals surface area contributed by atoms with Crippen LogP contribution in [0.2, 0.25) is 0 Å². The van der Waals surface area contributed by atoms with E-state index in [0.29, 0.717) is 11.3 Å². The van der Waals surface area contributed by atoms with Gasteiger partial charge in [0.2, 0.25) is 0 Å². The molecule has 0 fully saturated rings. The average molecular weight is 368 g/mol. The van der Waals surface area contributed by atoms with E-state index in [2.05, 4.69) is 9.73 Å². The molecule has 1 heterocycles. The Bertz CT molecular complexity index is 842. The van der Waals surface area contributed by atoms with Gasteiger partial charge in [-0.1, -0.05) is 6.07 Å². The number of esters is 1. The van der Waals surface area contributed by atoms with Gasteiger partial charge in [0.05, 0.1) is 19.2 Å². The first-order chi connectivity index (χ1) is 12.3. The summed E-state index contributed by atoms with van der Waals surface area (Å²) in [5, 5.41) is 0. The van der Waals surface area contributed by atoms with Crippen LogP contribution >= 0.6 is 0 Å². The van der Waals surface area contributed by atoms with Crippen molar-refractivity contribution in [1.82, 2.24) is 4.57 Å². The van der Waals surface area contributed by atoms with Gasteiger partial charge in [-0.3, -0.25) is 4.79 Å². The summed E-state index contributed by atoms with van der Waals surface area (Å²) in [6.45, 7) is 0.290. The summed E-state index contributed by atoms with van der Waals surface area (Å²) in [5.74, 6) is -2.17. The van der Waals surface area contributed by atoms with Gasteiger partial charge in [0.15, 0.2) is 0 Å². The van der Waals surface area contributed by atoms with Crippen LogP contribution in [0.1, 0.15) is 10.4 Å². The van der Waals surface area contributed by atoms with E-state index in [1.807, 2.05) is 0 Å². The smallest absolute Gasteiger partial charge is 0.473 e. The average Bonchev–Trinajstić information content (AvgIpc) is 2.62. The molecule has 2 aromatic rings. The zero-order chi connectivity index (χ0) is 19.2. The summed E-state index contributed by atoms with van der Waals surface area (Å²) < 4.78 is 48.5. The number of rotatable bonds is 5. The van der Waals surface area contributed by atoms with Crippen LogP contribution in [0, 0.1) is 0 Å². The van der Waals surface area contributed by atoms with Crippen molar-refractivity contribution in [3.8, 4) is 5.75 Å². The van der Waals surface area contributed by atoms with Crippen LogP contribution in [0.5, 0.6) is 5.75 Å². The van der Waals surface area contributed by atoms with Crippen molar-refractivity contribution >= 4 is 11.9 Å². The number of carbonyl (C=O) groups is 2. The second-order valence-corrected chi connectivity index (χ2v) is 5.03. The maximum absolute atomic E-state index is 12.3. The summed E-state index contributed by atoms with van der Waals surface area (Å²) in [5.41, 5.74) is 0.239. The van der Waals surface area contributed by atoms with Crippen LogP contribution in [-0.4, -0.2) is 36.3 Å². The number of carbonyl (C=O) groups excluding carboxylic acids is 2. The highest BCUT2D eigenvalue weighted by atomic mass is 19.4. The molecule has 0 saturated heterocycles. The molecule has 26 heavy (non-hydrogen) atoms. The quantitative estimate of drug-likeness (QED) is 0.760. The van der Waals surface area contributed by atoms with Crippen LogP contribution in [0.4, 0.5) is 13.2 Å². The minimum Gasteiger partial charge on any atom is -0.492 e. The number of methoxy groups -OCH3 is 1. The van der Waals surface area contributed by atoms with E-state index in [0.717, 1.165) is 0 Å². The van der Waals surface area contributed by atoms with Gasteiger partial charge in [-0.05, 0) is 36.4 Å². The zero-order valence-electron chi connectivity index (χ0n) is 13.7. The molecule has 0 saturated carbocycles. The highest BCUT2D eigenvalue weighted by molar-refractivity contribution is 5.89. The minimum absolute atomic E-state index is 0.120. The summed E-state index contributed by atoms with van der Waals surface area (Å²) in [6.07, 6.45) is -3.53. The molecular formula is C17H15F3N2O4. The van der Waals surface area contributed by atoms with Gasteiger partial charge in [0.1, 0.15) is 17.8 Å². The second kappa shape index (κ2) is 8.32. The van der Waals surface area contributed by atoms with Crippen molar-refractivity contribution in [3.05, 3.63) is 59.7 Å². The highest BCUT2D eigenvalue weighted by Crippen LogP contribution is 2.16. The molecule has 1 aromatic carbocycles. The Morgan fingerprint density at radius 1 is 1.12 bits per heavy atom. The van der Waals surface area contributed by atoms with Gasteiger partial charge >= 0.3 is 18.1 Å². The number of pyridine rings is 1. The Kier molecular flexibility index (Phi) is 6.16. The lowest BCUT2D eigenvalue weighted by atomic mass is 10.2. The van der Waals surface area contributed by atoms with Crippen LogP contribution in [0.3, 0.4) is 0 Å². The molecule has 1 aromatic heterocycles. The van der Waals surface area contributed by atoms with E-state index in [1.165, 1.54) is 42.1 Å². The number of hydrogen-bond acceptors (Lipinski definition) is 4. The van der Waals surface area contributed by atoms with Crippen LogP contribution < -0.4 is 10.2 Å². The number of alkyl halides is 3. The number of nitrogens with zero attached hydrogens (tertiary/aromatic N) is 2. The zero-order valence-corrected chi connectivity index (χ0v) is 13.7. The molecule has 6 nitrogen and oxygen atoms in total. The Balaban J connectivity index is 2.03. The van der Waals surface area contributed by atoms with Crippen LogP contribution in [-0.2, 0) is 16.1 Å². The normalized spacial score (nSPS) is 11.9. The van der Waals surface area contributed by atoms with E-state index in [1.54, 1.807) is 18.2 Å². The summed E-state index contributed by atoms with van der Waals surface area (Å²) in [4.78, 5) is 25.4. The molecule has 0 aliphatic rings. The Morgan fingerprint density at radius 3 is 2.42 bits per heavy atom. The topological polar surface area (TPSA) is 69.9 Å². The van der Waals surface area contributed by atoms with Crippen molar-refractivity contribution < 1.29 is 32.2 Å². The molecule has 0 radical (unpaired) electrons. The minimum atomic E-state index is -5.02. The van der Waals surface area contributed by atoms with E-state index >= 15 is 0 Å². The molecule has 1 amide bonds. The predicted octanol–water partition coefficient (Wildman–Crippen LogP) is 2.34. The summed E-state index contributed by atoms with van der Waals surface area (Å²) >= 11 is 0. The first kappa shape index (κ1) is 19.2. The van der Waals surface area contributed by atoms with Gasteiger partial charge in [-0.25, -0.2) is 4.79 Å². The fourth-order valence-electron chi connectivity index (χ4n) is 1.99. The van der Waals surface area contributed by atoms with E-state index in [-0.39, 0.29) is 18.6 Å². The first-order valence-electron chi connectivity index (χ1n) is 7.44.